The summed E-state index contributed by atoms with van der Waals surface area (Å²) in [5.41, 5.74) is 1.75. The van der Waals surface area contributed by atoms with E-state index < -0.39 is 0 Å². The summed E-state index contributed by atoms with van der Waals surface area (Å²) in [5, 5.41) is 31.4. The summed E-state index contributed by atoms with van der Waals surface area (Å²) in [6, 6.07) is 12.4. The summed E-state index contributed by atoms with van der Waals surface area (Å²) in [6.45, 7) is 2.88. The number of anilines is 2. The highest BCUT2D eigenvalue weighted by atomic mass is 35.5. The molecular formula is C34H46ClN7O. The number of nitriles is 1. The van der Waals surface area contributed by atoms with E-state index in [1.54, 1.807) is 6.20 Å². The van der Waals surface area contributed by atoms with E-state index in [9.17, 15) is 10.4 Å². The number of halogens is 1. The first kappa shape index (κ1) is 29.3. The molecule has 43 heavy (non-hydrogen) atoms. The fourth-order valence-corrected chi connectivity index (χ4v) is 10.0. The Morgan fingerprint density at radius 3 is 2.58 bits per heavy atom. The fourth-order valence-electron chi connectivity index (χ4n) is 9.83. The fraction of sp³-hybridized carbons (Fsp3) is 0.676. The zero-order valence-corrected chi connectivity index (χ0v) is 25.9. The molecule has 1 aromatic heterocycles. The van der Waals surface area contributed by atoms with Crippen LogP contribution in [0.25, 0.3) is 0 Å². The molecule has 1 aliphatic heterocycles. The van der Waals surface area contributed by atoms with Crippen molar-refractivity contribution in [1.29, 1.82) is 5.26 Å². The van der Waals surface area contributed by atoms with Crippen molar-refractivity contribution in [2.45, 2.75) is 101 Å². The number of hydrogen-bond acceptors (Lipinski definition) is 8. The van der Waals surface area contributed by atoms with E-state index in [2.05, 4.69) is 31.9 Å². The van der Waals surface area contributed by atoms with Crippen LogP contribution in [0.1, 0.15) is 81.8 Å². The van der Waals surface area contributed by atoms with Crippen molar-refractivity contribution < 1.29 is 5.11 Å². The number of rotatable bonds is 10. The molecule has 2 aromatic rings. The number of likely N-dealkylation sites (tertiary alicyclic amines) is 1. The average molecular weight is 604 g/mol. The Morgan fingerprint density at radius 1 is 1.05 bits per heavy atom. The van der Waals surface area contributed by atoms with Gasteiger partial charge in [0.1, 0.15) is 17.5 Å². The number of aliphatic hydroxyl groups is 1. The van der Waals surface area contributed by atoms with E-state index in [1.807, 2.05) is 24.3 Å². The van der Waals surface area contributed by atoms with Crippen molar-refractivity contribution in [3.63, 3.8) is 0 Å². The maximum atomic E-state index is 9.80. The molecule has 8 rings (SSSR count). The lowest BCUT2D eigenvalue weighted by Gasteiger charge is -2.61. The van der Waals surface area contributed by atoms with Gasteiger partial charge in [-0.05, 0) is 112 Å². The predicted molar refractivity (Wildman–Crippen MR) is 170 cm³/mol. The van der Waals surface area contributed by atoms with Gasteiger partial charge in [0.2, 0.25) is 5.95 Å². The highest BCUT2D eigenvalue weighted by Crippen LogP contribution is 2.60. The van der Waals surface area contributed by atoms with Gasteiger partial charge in [0, 0.05) is 42.3 Å². The van der Waals surface area contributed by atoms with Crippen LogP contribution >= 0.6 is 11.6 Å². The van der Waals surface area contributed by atoms with Gasteiger partial charge in [0.25, 0.3) is 0 Å². The molecule has 1 aromatic carbocycles. The lowest BCUT2D eigenvalue weighted by molar-refractivity contribution is -0.0735. The largest absolute Gasteiger partial charge is 0.395 e. The van der Waals surface area contributed by atoms with Gasteiger partial charge in [-0.15, -0.1) is 0 Å². The molecule has 2 heterocycles. The second-order valence-electron chi connectivity index (χ2n) is 14.3. The van der Waals surface area contributed by atoms with Crippen LogP contribution in [0.5, 0.6) is 0 Å². The monoisotopic (exact) mass is 603 g/mol. The second-order valence-corrected chi connectivity index (χ2v) is 14.7. The molecule has 0 amide bonds. The van der Waals surface area contributed by atoms with Crippen LogP contribution in [0, 0.1) is 34.5 Å². The Bertz CT molecular complexity index is 1310. The molecular weight excluding hydrogens is 558 g/mol. The molecule has 4 bridgehead atoms. The van der Waals surface area contributed by atoms with Gasteiger partial charge in [-0.3, -0.25) is 4.90 Å². The molecule has 6 atom stereocenters. The Hall–Kier alpha value is -2.44. The molecule has 4 N–H and O–H groups in total. The first-order chi connectivity index (χ1) is 21.0. The Morgan fingerprint density at radius 2 is 1.84 bits per heavy atom. The quantitative estimate of drug-likeness (QED) is 0.279. The van der Waals surface area contributed by atoms with Crippen molar-refractivity contribution in [1.82, 2.24) is 20.2 Å². The Labute approximate surface area is 261 Å². The molecule has 5 saturated carbocycles. The number of nitrogens with zero attached hydrogens (tertiary/aromatic N) is 4. The smallest absolute Gasteiger partial charge is 0.224 e. The summed E-state index contributed by atoms with van der Waals surface area (Å²) in [5.74, 6) is 3.45. The lowest BCUT2D eigenvalue weighted by atomic mass is 9.47. The third kappa shape index (κ3) is 6.11. The molecule has 230 valence electrons. The highest BCUT2D eigenvalue weighted by molar-refractivity contribution is 6.31. The van der Waals surface area contributed by atoms with E-state index in [0.29, 0.717) is 59.7 Å². The molecule has 1 saturated heterocycles. The molecule has 9 heteroatoms. The number of aliphatic hydroxyl groups excluding tert-OH is 1. The van der Waals surface area contributed by atoms with Gasteiger partial charge in [-0.2, -0.15) is 10.2 Å². The summed E-state index contributed by atoms with van der Waals surface area (Å²) in [6.07, 6.45) is 15.6. The number of aromatic nitrogens is 2. The normalized spacial score (nSPS) is 35.1. The molecule has 6 fully saturated rings. The SMILES string of the molecule is N#Cc1cnc(NCc2ccccc2Cl)nc1NC[C@]12CC3C[C@H](C1)[C@@H](NC1CCC(N4CCC[C@@H]4CO)CC1)[C@@H](C3)C2. The van der Waals surface area contributed by atoms with Gasteiger partial charge < -0.3 is 21.1 Å². The summed E-state index contributed by atoms with van der Waals surface area (Å²) in [7, 11) is 0. The Balaban J connectivity index is 0.955. The number of hydrogen-bond donors (Lipinski definition) is 4. The van der Waals surface area contributed by atoms with Gasteiger partial charge >= 0.3 is 0 Å². The minimum Gasteiger partial charge on any atom is -0.395 e. The maximum Gasteiger partial charge on any atom is 0.224 e. The van der Waals surface area contributed by atoms with E-state index >= 15 is 0 Å². The molecule has 6 aliphatic rings. The van der Waals surface area contributed by atoms with Gasteiger partial charge in [-0.25, -0.2) is 4.98 Å². The topological polar surface area (TPSA) is 109 Å². The van der Waals surface area contributed by atoms with E-state index in [1.165, 1.54) is 70.8 Å². The minimum atomic E-state index is 0.282. The van der Waals surface area contributed by atoms with E-state index in [-0.39, 0.29) is 5.41 Å². The predicted octanol–water partition coefficient (Wildman–Crippen LogP) is 5.58. The first-order valence-electron chi connectivity index (χ1n) is 16.6. The van der Waals surface area contributed by atoms with Crippen LogP contribution in [-0.2, 0) is 6.54 Å². The summed E-state index contributed by atoms with van der Waals surface area (Å²) in [4.78, 5) is 11.7. The van der Waals surface area contributed by atoms with Crippen molar-refractivity contribution in [3.8, 4) is 6.07 Å². The summed E-state index contributed by atoms with van der Waals surface area (Å²) >= 11 is 6.32. The van der Waals surface area contributed by atoms with Crippen LogP contribution in [0.2, 0.25) is 5.02 Å². The zero-order valence-electron chi connectivity index (χ0n) is 25.1. The van der Waals surface area contributed by atoms with Gasteiger partial charge in [-0.1, -0.05) is 29.8 Å². The third-order valence-corrected chi connectivity index (χ3v) is 11.9. The van der Waals surface area contributed by atoms with Crippen molar-refractivity contribution in [3.05, 3.63) is 46.6 Å². The number of nitrogens with one attached hydrogen (secondary N) is 3. The van der Waals surface area contributed by atoms with Crippen LogP contribution in [0.15, 0.2) is 30.5 Å². The maximum absolute atomic E-state index is 9.80. The van der Waals surface area contributed by atoms with Gasteiger partial charge in [0.15, 0.2) is 0 Å². The Kier molecular flexibility index (Phi) is 8.52. The minimum absolute atomic E-state index is 0.282. The van der Waals surface area contributed by atoms with E-state index in [4.69, 9.17) is 16.6 Å². The second kappa shape index (κ2) is 12.5. The van der Waals surface area contributed by atoms with Crippen LogP contribution in [0.4, 0.5) is 11.8 Å². The molecule has 8 nitrogen and oxygen atoms in total. The van der Waals surface area contributed by atoms with Crippen LogP contribution in [0.3, 0.4) is 0 Å². The zero-order chi connectivity index (χ0) is 29.4. The standard InChI is InChI=1S/C34H46ClN7O/c35-30-6-2-1-4-23(30)18-37-33-38-19-26(17-36)32(41-33)39-21-34-14-22-12-24(15-34)31(25(13-22)16-34)40-27-7-9-28(10-8-27)42-11-3-5-29(42)20-43/h1-2,4,6,19,22,24-25,27-29,31,40,43H,3,5,7-16,18,20-21H2,(H2,37,38,39,41)/t22?,24-,25+,27?,28?,29-,31-,34-/m1/s1. The third-order valence-electron chi connectivity index (χ3n) is 11.6. The number of benzene rings is 1. The summed E-state index contributed by atoms with van der Waals surface area (Å²) < 4.78 is 0. The average Bonchev–Trinajstić information content (AvgIpc) is 3.51. The highest BCUT2D eigenvalue weighted by Gasteiger charge is 2.55. The van der Waals surface area contributed by atoms with Crippen molar-refractivity contribution >= 4 is 23.4 Å². The molecule has 5 aliphatic carbocycles. The van der Waals surface area contributed by atoms with Crippen molar-refractivity contribution in [2.24, 2.45) is 23.2 Å². The molecule has 0 radical (unpaired) electrons. The van der Waals surface area contributed by atoms with Crippen molar-refractivity contribution in [2.75, 3.05) is 30.3 Å². The molecule has 0 spiro atoms. The van der Waals surface area contributed by atoms with Crippen LogP contribution < -0.4 is 16.0 Å². The van der Waals surface area contributed by atoms with Gasteiger partial charge in [0.05, 0.1) is 12.8 Å². The van der Waals surface area contributed by atoms with Crippen LogP contribution in [-0.4, -0.2) is 63.8 Å². The molecule has 1 unspecified atom stereocenters. The van der Waals surface area contributed by atoms with E-state index in [0.717, 1.165) is 36.3 Å². The lowest BCUT2D eigenvalue weighted by Crippen LogP contribution is -2.61. The first-order valence-corrected chi connectivity index (χ1v) is 17.0.